The molecule has 3 aromatic carbocycles. The minimum Gasteiger partial charge on any atom is -0.480 e. The van der Waals surface area contributed by atoms with E-state index < -0.39 is 17.9 Å². The number of nitriles is 1. The number of amides is 1. The predicted molar refractivity (Wildman–Crippen MR) is 97.7 cm³/mol. The van der Waals surface area contributed by atoms with E-state index in [0.29, 0.717) is 11.1 Å². The first-order valence-corrected chi connectivity index (χ1v) is 8.08. The number of hydrogen-bond acceptors (Lipinski definition) is 3. The van der Waals surface area contributed by atoms with Gasteiger partial charge in [0, 0.05) is 12.0 Å². The van der Waals surface area contributed by atoms with Crippen molar-refractivity contribution < 1.29 is 14.7 Å². The lowest BCUT2D eigenvalue weighted by Gasteiger charge is -2.15. The molecule has 3 aromatic rings. The molecule has 0 bridgehead atoms. The second-order valence-electron chi connectivity index (χ2n) is 5.94. The number of fused-ring (bicyclic) bond motifs is 1. The molecule has 0 aliphatic heterocycles. The van der Waals surface area contributed by atoms with Gasteiger partial charge in [-0.25, -0.2) is 4.79 Å². The van der Waals surface area contributed by atoms with Crippen LogP contribution in [0.1, 0.15) is 21.5 Å². The predicted octanol–water partition coefficient (Wildman–Crippen LogP) is 3.14. The number of carbonyl (C=O) groups is 2. The maximum atomic E-state index is 12.5. The van der Waals surface area contributed by atoms with E-state index >= 15 is 0 Å². The van der Waals surface area contributed by atoms with Crippen molar-refractivity contribution in [1.29, 1.82) is 5.26 Å². The van der Waals surface area contributed by atoms with Crippen molar-refractivity contribution in [3.8, 4) is 6.07 Å². The molecule has 0 saturated carbocycles. The molecule has 128 valence electrons. The summed E-state index contributed by atoms with van der Waals surface area (Å²) >= 11 is 0. The third kappa shape index (κ3) is 3.87. The van der Waals surface area contributed by atoms with Gasteiger partial charge in [0.15, 0.2) is 0 Å². The lowest BCUT2D eigenvalue weighted by atomic mass is 10.0. The zero-order valence-corrected chi connectivity index (χ0v) is 13.8. The number of carboxylic acid groups (broad SMARTS) is 1. The molecule has 5 nitrogen and oxygen atoms in total. The van der Waals surface area contributed by atoms with Gasteiger partial charge in [0.05, 0.1) is 11.6 Å². The molecular formula is C21H16N2O3. The maximum Gasteiger partial charge on any atom is 0.326 e. The molecule has 2 N–H and O–H groups in total. The van der Waals surface area contributed by atoms with E-state index in [1.54, 1.807) is 36.4 Å². The summed E-state index contributed by atoms with van der Waals surface area (Å²) in [7, 11) is 0. The van der Waals surface area contributed by atoms with Crippen LogP contribution in [0.4, 0.5) is 0 Å². The van der Waals surface area contributed by atoms with Gasteiger partial charge in [-0.15, -0.1) is 0 Å². The Morgan fingerprint density at radius 1 is 1.00 bits per heavy atom. The minimum atomic E-state index is -1.11. The van der Waals surface area contributed by atoms with Crippen molar-refractivity contribution in [2.24, 2.45) is 0 Å². The van der Waals surface area contributed by atoms with Crippen LogP contribution in [-0.4, -0.2) is 23.0 Å². The SMILES string of the molecule is N#Cc1ccc(C[C@H](NC(=O)c2ccc3ccccc3c2)C(=O)O)cc1. The Bertz CT molecular complexity index is 1000. The molecule has 5 heteroatoms. The van der Waals surface area contributed by atoms with Crippen molar-refractivity contribution in [2.75, 3.05) is 0 Å². The lowest BCUT2D eigenvalue weighted by Crippen LogP contribution is -2.42. The zero-order chi connectivity index (χ0) is 18.5. The first-order chi connectivity index (χ1) is 12.6. The standard InChI is InChI=1S/C21H16N2O3/c22-13-15-7-5-14(6-8-15)11-19(21(25)26)23-20(24)18-10-9-16-3-1-2-4-17(16)12-18/h1-10,12,19H,11H2,(H,23,24)(H,25,26)/t19-/m0/s1. The Labute approximate surface area is 150 Å². The molecule has 1 amide bonds. The van der Waals surface area contributed by atoms with Crippen LogP contribution in [0.2, 0.25) is 0 Å². The van der Waals surface area contributed by atoms with E-state index in [2.05, 4.69) is 5.32 Å². The molecular weight excluding hydrogens is 328 g/mol. The second kappa shape index (κ2) is 7.49. The number of aliphatic carboxylic acids is 1. The number of benzene rings is 3. The fourth-order valence-corrected chi connectivity index (χ4v) is 2.72. The summed E-state index contributed by atoms with van der Waals surface area (Å²) in [5.74, 6) is -1.54. The van der Waals surface area contributed by atoms with Crippen molar-refractivity contribution in [3.05, 3.63) is 83.4 Å². The molecule has 0 radical (unpaired) electrons. The van der Waals surface area contributed by atoms with Crippen LogP contribution in [0.3, 0.4) is 0 Å². The van der Waals surface area contributed by atoms with Crippen LogP contribution in [0, 0.1) is 11.3 Å². The van der Waals surface area contributed by atoms with Crippen LogP contribution < -0.4 is 5.32 Å². The van der Waals surface area contributed by atoms with Crippen molar-refractivity contribution in [2.45, 2.75) is 12.5 Å². The Kier molecular flexibility index (Phi) is 4.95. The average Bonchev–Trinajstić information content (AvgIpc) is 2.67. The van der Waals surface area contributed by atoms with E-state index in [9.17, 15) is 14.7 Å². The first-order valence-electron chi connectivity index (χ1n) is 8.08. The number of nitrogens with zero attached hydrogens (tertiary/aromatic N) is 1. The topological polar surface area (TPSA) is 90.2 Å². The van der Waals surface area contributed by atoms with Gasteiger partial charge in [-0.1, -0.05) is 42.5 Å². The molecule has 26 heavy (non-hydrogen) atoms. The number of rotatable bonds is 5. The van der Waals surface area contributed by atoms with Crippen LogP contribution in [-0.2, 0) is 11.2 Å². The molecule has 0 aliphatic carbocycles. The van der Waals surface area contributed by atoms with E-state index in [4.69, 9.17) is 5.26 Å². The van der Waals surface area contributed by atoms with Gasteiger partial charge in [0.25, 0.3) is 5.91 Å². The largest absolute Gasteiger partial charge is 0.480 e. The highest BCUT2D eigenvalue weighted by atomic mass is 16.4. The highest BCUT2D eigenvalue weighted by molar-refractivity contribution is 6.00. The number of nitrogens with one attached hydrogen (secondary N) is 1. The minimum absolute atomic E-state index is 0.139. The van der Waals surface area contributed by atoms with Crippen LogP contribution in [0.5, 0.6) is 0 Å². The van der Waals surface area contributed by atoms with Crippen LogP contribution >= 0.6 is 0 Å². The summed E-state index contributed by atoms with van der Waals surface area (Å²) in [6.45, 7) is 0. The van der Waals surface area contributed by atoms with Crippen LogP contribution in [0.15, 0.2) is 66.7 Å². The Hall–Kier alpha value is -3.65. The first kappa shape index (κ1) is 17.2. The van der Waals surface area contributed by atoms with E-state index in [1.165, 1.54) is 0 Å². The van der Waals surface area contributed by atoms with Crippen LogP contribution in [0.25, 0.3) is 10.8 Å². The number of carbonyl (C=O) groups excluding carboxylic acids is 1. The third-order valence-electron chi connectivity index (χ3n) is 4.14. The normalized spacial score (nSPS) is 11.5. The molecule has 0 aliphatic rings. The maximum absolute atomic E-state index is 12.5. The van der Waals surface area contributed by atoms with Gasteiger partial charge in [-0.3, -0.25) is 4.79 Å². The summed E-state index contributed by atoms with van der Waals surface area (Å²) in [6, 6.07) is 20.5. The highest BCUT2D eigenvalue weighted by Gasteiger charge is 2.21. The molecule has 0 aromatic heterocycles. The second-order valence-corrected chi connectivity index (χ2v) is 5.94. The van der Waals surface area contributed by atoms with Crippen molar-refractivity contribution in [1.82, 2.24) is 5.32 Å². The summed E-state index contributed by atoms with van der Waals surface area (Å²) in [5, 5.41) is 22.8. The van der Waals surface area contributed by atoms with Gasteiger partial charge >= 0.3 is 5.97 Å². The summed E-state index contributed by atoms with van der Waals surface area (Å²) in [6.07, 6.45) is 0.139. The van der Waals surface area contributed by atoms with Crippen molar-refractivity contribution in [3.63, 3.8) is 0 Å². The van der Waals surface area contributed by atoms with Crippen molar-refractivity contribution >= 4 is 22.6 Å². The number of hydrogen-bond donors (Lipinski definition) is 2. The molecule has 0 heterocycles. The summed E-state index contributed by atoms with van der Waals surface area (Å²) in [5.41, 5.74) is 1.64. The molecule has 0 spiro atoms. The third-order valence-corrected chi connectivity index (χ3v) is 4.14. The summed E-state index contributed by atoms with van der Waals surface area (Å²) < 4.78 is 0. The Balaban J connectivity index is 1.76. The zero-order valence-electron chi connectivity index (χ0n) is 13.8. The van der Waals surface area contributed by atoms with E-state index in [1.807, 2.05) is 36.4 Å². The van der Waals surface area contributed by atoms with Gasteiger partial charge in [0.2, 0.25) is 0 Å². The van der Waals surface area contributed by atoms with E-state index in [0.717, 1.165) is 16.3 Å². The summed E-state index contributed by atoms with van der Waals surface area (Å²) in [4.78, 5) is 24.0. The quantitative estimate of drug-likeness (QED) is 0.744. The molecule has 3 rings (SSSR count). The number of carboxylic acids is 1. The highest BCUT2D eigenvalue weighted by Crippen LogP contribution is 2.16. The lowest BCUT2D eigenvalue weighted by molar-refractivity contribution is -0.139. The Morgan fingerprint density at radius 2 is 1.69 bits per heavy atom. The van der Waals surface area contributed by atoms with Gasteiger partial charge < -0.3 is 10.4 Å². The molecule has 0 saturated heterocycles. The van der Waals surface area contributed by atoms with Gasteiger partial charge in [0.1, 0.15) is 6.04 Å². The molecule has 0 unspecified atom stereocenters. The Morgan fingerprint density at radius 3 is 2.35 bits per heavy atom. The molecule has 0 fully saturated rings. The smallest absolute Gasteiger partial charge is 0.326 e. The van der Waals surface area contributed by atoms with E-state index in [-0.39, 0.29) is 6.42 Å². The fraction of sp³-hybridized carbons (Fsp3) is 0.0952. The fourth-order valence-electron chi connectivity index (χ4n) is 2.72. The molecule has 1 atom stereocenters. The monoisotopic (exact) mass is 344 g/mol. The van der Waals surface area contributed by atoms with Gasteiger partial charge in [-0.05, 0) is 40.6 Å². The van der Waals surface area contributed by atoms with Gasteiger partial charge in [-0.2, -0.15) is 5.26 Å². The average molecular weight is 344 g/mol.